The standard InChI is InChI=1S/C18H30N3O6P.2C17H28N3O6P.2C17H28N3O5PS/c1-11(22)8-19-9-12-10-21(18(25)20-16(12)24)17-15(26-2)14(23)13(27-17)6-7-28(3,4)5;2*1-10(21)7-18-8-11-9-20(17(25)19-15(11)24)16-14(23)13(22)12(26-16)5-6-27(2,3)4;2*1-10(21)7-18-8-11-9-20(17(27)19-15(11)24)16-14(23)13(22)12(25-16)5-6-26(2,3)4/h10,13-15,17,19,23H,3,6-9H2,1-2,4-5H3,(H,20,24,25);2*9,12-14,16,18,22-23H,2,5-8H2,1,3-4H3,(H,19,24,25);2*9,12-14,16,18,22-23H,2,5-8H2,1,3-4H3,(H,19,24,27)/t13?,14-,15-,17-;4*12?,13-,14-,16-/m11111/s1. The zero-order valence-corrected chi connectivity index (χ0v) is 86.3. The van der Waals surface area contributed by atoms with Gasteiger partial charge in [0, 0.05) is 98.6 Å². The zero-order chi connectivity index (χ0) is 102. The Morgan fingerprint density at radius 2 is 0.507 bits per heavy atom. The van der Waals surface area contributed by atoms with Crippen molar-refractivity contribution in [1.29, 1.82) is 0 Å². The van der Waals surface area contributed by atoms with Gasteiger partial charge in [0.1, 0.15) is 90.0 Å². The molecule has 136 heavy (non-hydrogen) atoms. The van der Waals surface area contributed by atoms with Gasteiger partial charge in [-0.1, -0.05) is 0 Å². The van der Waals surface area contributed by atoms with E-state index in [1.165, 1.54) is 86.4 Å². The highest BCUT2D eigenvalue weighted by Gasteiger charge is 2.49. The molecule has 5 fully saturated rings. The number of nitrogens with zero attached hydrogens (tertiary/aromatic N) is 5. The molecule has 0 bridgehead atoms. The Labute approximate surface area is 798 Å². The van der Waals surface area contributed by atoms with E-state index in [4.69, 9.17) is 52.9 Å². The van der Waals surface area contributed by atoms with Crippen molar-refractivity contribution in [2.24, 2.45) is 0 Å². The minimum atomic E-state index is -1.33. The quantitative estimate of drug-likeness (QED) is 0.0150. The Bertz CT molecular complexity index is 5300. The maximum Gasteiger partial charge on any atom is 0.330 e. The van der Waals surface area contributed by atoms with E-state index in [9.17, 15) is 108 Å². The van der Waals surface area contributed by atoms with Crippen LogP contribution in [0.4, 0.5) is 0 Å². The first-order valence-electron chi connectivity index (χ1n) is 44.0. The fourth-order valence-electron chi connectivity index (χ4n) is 14.7. The van der Waals surface area contributed by atoms with Gasteiger partial charge in [-0.2, -0.15) is 0 Å². The van der Waals surface area contributed by atoms with Crippen molar-refractivity contribution in [2.45, 2.75) is 222 Å². The van der Waals surface area contributed by atoms with Crippen molar-refractivity contribution in [3.63, 3.8) is 0 Å². The lowest BCUT2D eigenvalue weighted by Crippen LogP contribution is -2.40. The molecule has 43 nitrogen and oxygen atoms in total. The summed E-state index contributed by atoms with van der Waals surface area (Å²) in [4.78, 5) is 164. The van der Waals surface area contributed by atoms with Crippen molar-refractivity contribution in [3.8, 4) is 0 Å². The number of ketones is 5. The van der Waals surface area contributed by atoms with Crippen molar-refractivity contribution in [2.75, 3.05) is 137 Å². The van der Waals surface area contributed by atoms with E-state index in [2.05, 4.69) is 150 Å². The maximum absolute atomic E-state index is 12.4. The number of carbonyl (C=O) groups is 5. The highest BCUT2D eigenvalue weighted by atomic mass is 32.1. The number of aliphatic hydroxyl groups is 9. The first-order chi connectivity index (χ1) is 63.0. The van der Waals surface area contributed by atoms with Crippen LogP contribution in [0.25, 0.3) is 0 Å². The van der Waals surface area contributed by atoms with Crippen molar-refractivity contribution in [3.05, 3.63) is 152 Å². The summed E-state index contributed by atoms with van der Waals surface area (Å²) in [7, 11) is 1.44. The monoisotopic (exact) mass is 2050 g/mol. The molecule has 19 N–H and O–H groups in total. The number of hydrogen-bond acceptors (Lipinski definition) is 35. The second-order valence-corrected chi connectivity index (χ2v) is 60.7. The molecule has 5 saturated heterocycles. The van der Waals surface area contributed by atoms with Gasteiger partial charge in [0.15, 0.2) is 40.7 Å². The third-order valence-corrected chi connectivity index (χ3v) is 30.0. The number of hydrogen-bond donors (Lipinski definition) is 19. The van der Waals surface area contributed by atoms with E-state index in [1.807, 2.05) is 0 Å². The fraction of sp³-hybridized carbons (Fsp3) is 0.651. The number of ether oxygens (including phenoxy) is 6. The second kappa shape index (κ2) is 52.3. The summed E-state index contributed by atoms with van der Waals surface area (Å²) in [5.41, 5.74) is -3.16. The molecule has 766 valence electrons. The van der Waals surface area contributed by atoms with Gasteiger partial charge in [-0.05, 0) is 189 Å². The van der Waals surface area contributed by atoms with Crippen LogP contribution in [0.2, 0.25) is 0 Å². The summed E-state index contributed by atoms with van der Waals surface area (Å²) in [6.07, 6.45) is 15.9. The maximum atomic E-state index is 12.4. The molecular formula is C86H142N15O28P5S2. The third kappa shape index (κ3) is 36.7. The lowest BCUT2D eigenvalue weighted by Gasteiger charge is -2.21. The van der Waals surface area contributed by atoms with Gasteiger partial charge in [0.25, 0.3) is 27.8 Å². The zero-order valence-electron chi connectivity index (χ0n) is 80.2. The minimum absolute atomic E-state index is 0.0455. The van der Waals surface area contributed by atoms with E-state index in [0.717, 1.165) is 39.9 Å². The molecule has 0 spiro atoms. The lowest BCUT2D eigenvalue weighted by atomic mass is 10.1. The molecular weight excluding hydrogens is 1910 g/mol. The normalized spacial score (nSPS) is 25.6. The predicted molar refractivity (Wildman–Crippen MR) is 539 cm³/mol. The number of rotatable bonds is 41. The molecule has 0 radical (unpaired) electrons. The molecule has 5 unspecified atom stereocenters. The molecule has 10 rings (SSSR count). The van der Waals surface area contributed by atoms with E-state index in [1.54, 1.807) is 0 Å². The summed E-state index contributed by atoms with van der Waals surface area (Å²) >= 11 is 10.4. The average Bonchev–Trinajstić information content (AvgIpc) is 1.63. The number of methoxy groups -OCH3 is 1. The predicted octanol–water partition coefficient (Wildman–Crippen LogP) is -1.94. The van der Waals surface area contributed by atoms with Gasteiger partial charge in [-0.15, -0.1) is 65.9 Å². The summed E-state index contributed by atoms with van der Waals surface area (Å²) < 4.78 is 41.0. The molecule has 0 saturated carbocycles. The van der Waals surface area contributed by atoms with Crippen LogP contribution in [-0.2, 0) is 85.1 Å². The van der Waals surface area contributed by atoms with Gasteiger partial charge in [-0.25, -0.2) is 14.4 Å². The SMILES string of the molecule is C=P(C)(C)CCC1O[C@@H](n2cc(CNCC(C)=O)c(=O)[nH]c2=O)[C@H](O)[C@@H]1O.C=P(C)(C)CCC1O[C@@H](n2cc(CNCC(C)=O)c(=O)[nH]c2=O)[C@H](O)[C@@H]1O.C=P(C)(C)CCC1O[C@@H](n2cc(CNCC(C)=O)c(=O)[nH]c2=O)[C@H](OC)[C@@H]1O.C=P(C)(C)CCC1O[C@@H](n2cc(CNCC(C)=O)c(=O)[nH]c2=S)[C@H](O)[C@@H]1O.C=P(C)(C)CCC1O[C@@H](n2cc(CNCC(C)=O)c(=O)[nH]c2=S)[C@H](O)[C@@H]1O. The molecule has 5 aliphatic rings. The first-order valence-corrected chi connectivity index (χ1v) is 60.1. The summed E-state index contributed by atoms with van der Waals surface area (Å²) in [6.45, 7) is 22.7. The van der Waals surface area contributed by atoms with Gasteiger partial charge >= 0.3 is 17.1 Å². The highest BCUT2D eigenvalue weighted by Crippen LogP contribution is 2.45. The minimum Gasteiger partial charge on any atom is -0.388 e. The number of aliphatic hydroxyl groups excluding tert-OH is 9. The molecule has 0 aromatic carbocycles. The van der Waals surface area contributed by atoms with Gasteiger partial charge in [0.2, 0.25) is 0 Å². The Morgan fingerprint density at radius 3 is 0.713 bits per heavy atom. The smallest absolute Gasteiger partial charge is 0.330 e. The number of H-pyrrole nitrogens is 5. The van der Waals surface area contributed by atoms with Crippen molar-refractivity contribution < 1.29 is 98.4 Å². The fourth-order valence-corrected chi connectivity index (χ4v) is 20.0. The van der Waals surface area contributed by atoms with Crippen LogP contribution < -0.4 is 71.4 Å². The van der Waals surface area contributed by atoms with E-state index in [0.29, 0.717) is 43.2 Å². The van der Waals surface area contributed by atoms with Crippen LogP contribution in [-0.4, -0.2) is 383 Å². The Hall–Kier alpha value is -6.71. The van der Waals surface area contributed by atoms with E-state index in [-0.39, 0.29) is 132 Å². The summed E-state index contributed by atoms with van der Waals surface area (Å²) in [5.74, 6) is -0.329. The van der Waals surface area contributed by atoms with Gasteiger partial charge in [0.05, 0.1) is 63.2 Å². The summed E-state index contributed by atoms with van der Waals surface area (Å²) in [5, 5.41) is 108. The average molecular weight is 2050 g/mol. The molecule has 50 heteroatoms. The number of nitrogens with one attached hydrogen (secondary N) is 10. The van der Waals surface area contributed by atoms with Gasteiger partial charge in [-0.3, -0.25) is 95.7 Å². The largest absolute Gasteiger partial charge is 0.388 e. The number of aromatic nitrogens is 10. The molecule has 5 aromatic heterocycles. The Balaban J connectivity index is 0.000000261. The van der Waals surface area contributed by atoms with Crippen LogP contribution in [0, 0.1) is 9.54 Å². The third-order valence-electron chi connectivity index (χ3n) is 22.1. The number of aromatic amines is 5. The van der Waals surface area contributed by atoms with Crippen molar-refractivity contribution in [1.82, 2.24) is 74.3 Å². The molecule has 10 heterocycles. The topological polar surface area (TPSA) is 623 Å². The first kappa shape index (κ1) is 118. The van der Waals surface area contributed by atoms with Crippen LogP contribution in [0.5, 0.6) is 0 Å². The van der Waals surface area contributed by atoms with E-state index >= 15 is 0 Å². The van der Waals surface area contributed by atoms with Crippen LogP contribution in [0.1, 0.15) is 126 Å². The highest BCUT2D eigenvalue weighted by molar-refractivity contribution is 7.73. The van der Waals surface area contributed by atoms with E-state index < -0.39 is 191 Å². The molecule has 0 aliphatic carbocycles. The number of Topliss-reactive ketones (excluding diaryl/α,β-unsaturated/α-hetero) is 5. The lowest BCUT2D eigenvalue weighted by molar-refractivity contribution is -0.117. The van der Waals surface area contributed by atoms with Gasteiger partial charge < -0.3 is 101 Å². The van der Waals surface area contributed by atoms with Crippen LogP contribution in [0.3, 0.4) is 0 Å². The van der Waals surface area contributed by atoms with Crippen LogP contribution in [0.15, 0.2) is 69.3 Å². The van der Waals surface area contributed by atoms with Crippen molar-refractivity contribution >= 4 is 119 Å². The molecule has 5 aliphatic heterocycles. The second-order valence-electron chi connectivity index (χ2n) is 38.3. The Kier molecular flexibility index (Phi) is 45.4. The Morgan fingerprint density at radius 1 is 0.324 bits per heavy atom. The molecule has 20 atom stereocenters. The molecule has 5 aromatic rings. The molecule has 0 amide bonds. The summed E-state index contributed by atoms with van der Waals surface area (Å²) in [6, 6.07) is 0. The van der Waals surface area contributed by atoms with Crippen LogP contribution >= 0.6 is 58.9 Å². The number of carbonyl (C=O) groups excluding carboxylic acids is 5.